The minimum absolute atomic E-state index is 0.218. The molecule has 0 unspecified atom stereocenters. The first kappa shape index (κ1) is 17.1. The summed E-state index contributed by atoms with van der Waals surface area (Å²) in [6, 6.07) is 16.1. The highest BCUT2D eigenvalue weighted by Crippen LogP contribution is 2.32. The summed E-state index contributed by atoms with van der Waals surface area (Å²) < 4.78 is 10.6. The molecule has 1 aromatic heterocycles. The summed E-state index contributed by atoms with van der Waals surface area (Å²) in [4.78, 5) is 12.3. The van der Waals surface area contributed by atoms with Crippen LogP contribution in [0.4, 0.5) is 11.5 Å². The summed E-state index contributed by atoms with van der Waals surface area (Å²) in [5, 5.41) is 14.4. The molecule has 0 atom stereocenters. The van der Waals surface area contributed by atoms with Gasteiger partial charge in [-0.25, -0.2) is 0 Å². The van der Waals surface area contributed by atoms with Crippen LogP contribution in [0.15, 0.2) is 54.6 Å². The van der Waals surface area contributed by atoms with Crippen molar-refractivity contribution in [2.45, 2.75) is 6.54 Å². The zero-order chi connectivity index (χ0) is 18.6. The number of anilines is 2. The molecule has 0 saturated heterocycles. The predicted octanol–water partition coefficient (Wildman–Crippen LogP) is 3.53. The van der Waals surface area contributed by atoms with Gasteiger partial charge in [-0.2, -0.15) is 0 Å². The number of para-hydroxylation sites is 1. The second-order valence-corrected chi connectivity index (χ2v) is 6.19. The van der Waals surface area contributed by atoms with E-state index in [-0.39, 0.29) is 18.4 Å². The third-order valence-corrected chi connectivity index (χ3v) is 4.25. The zero-order valence-electron chi connectivity index (χ0n) is 14.1. The van der Waals surface area contributed by atoms with Gasteiger partial charge in [0.2, 0.25) is 6.79 Å². The normalized spacial score (nSPS) is 11.9. The van der Waals surface area contributed by atoms with Gasteiger partial charge in [-0.05, 0) is 42.0 Å². The highest BCUT2D eigenvalue weighted by Gasteiger charge is 2.14. The van der Waals surface area contributed by atoms with E-state index in [1.165, 1.54) is 0 Å². The van der Waals surface area contributed by atoms with Crippen molar-refractivity contribution >= 4 is 29.0 Å². The number of rotatable bonds is 5. The minimum atomic E-state index is -0.315. The van der Waals surface area contributed by atoms with Crippen molar-refractivity contribution < 1.29 is 14.3 Å². The molecule has 136 valence electrons. The Labute approximate surface area is 160 Å². The van der Waals surface area contributed by atoms with Crippen molar-refractivity contribution in [1.82, 2.24) is 15.5 Å². The van der Waals surface area contributed by atoms with Crippen LogP contribution in [0.1, 0.15) is 16.1 Å². The molecule has 0 fully saturated rings. The van der Waals surface area contributed by atoms with Crippen LogP contribution in [0.2, 0.25) is 5.02 Å². The number of carbonyl (C=O) groups excluding carboxylic acids is 1. The number of benzene rings is 2. The maximum atomic E-state index is 12.3. The van der Waals surface area contributed by atoms with Crippen LogP contribution < -0.4 is 20.1 Å². The fraction of sp³-hybridized carbons (Fsp3) is 0.105. The third-order valence-electron chi connectivity index (χ3n) is 3.92. The van der Waals surface area contributed by atoms with E-state index in [9.17, 15) is 4.79 Å². The fourth-order valence-electron chi connectivity index (χ4n) is 2.54. The number of hydrogen-bond acceptors (Lipinski definition) is 6. The molecular formula is C19H15ClN4O3. The molecule has 1 amide bonds. The highest BCUT2D eigenvalue weighted by molar-refractivity contribution is 6.33. The Hall–Kier alpha value is -3.32. The number of nitrogens with one attached hydrogen (secondary N) is 2. The molecule has 27 heavy (non-hydrogen) atoms. The Bertz CT molecular complexity index is 979. The summed E-state index contributed by atoms with van der Waals surface area (Å²) in [6.07, 6.45) is 0. The first-order valence-corrected chi connectivity index (χ1v) is 8.59. The Morgan fingerprint density at radius 2 is 1.89 bits per heavy atom. The maximum Gasteiger partial charge on any atom is 0.272 e. The van der Waals surface area contributed by atoms with Crippen LogP contribution >= 0.6 is 11.6 Å². The Morgan fingerprint density at radius 1 is 1.04 bits per heavy atom. The Balaban J connectivity index is 1.37. The quantitative estimate of drug-likeness (QED) is 0.702. The second-order valence-electron chi connectivity index (χ2n) is 5.78. The van der Waals surface area contributed by atoms with Crippen molar-refractivity contribution in [2.75, 3.05) is 12.1 Å². The molecule has 8 heteroatoms. The van der Waals surface area contributed by atoms with E-state index in [4.69, 9.17) is 21.1 Å². The molecule has 2 heterocycles. The van der Waals surface area contributed by atoms with Crippen molar-refractivity contribution in [2.24, 2.45) is 0 Å². The summed E-state index contributed by atoms with van der Waals surface area (Å²) in [6.45, 7) is 0.562. The number of halogens is 1. The average molecular weight is 383 g/mol. The maximum absolute atomic E-state index is 12.3. The fourth-order valence-corrected chi connectivity index (χ4v) is 2.73. The van der Waals surface area contributed by atoms with E-state index >= 15 is 0 Å². The number of amides is 1. The summed E-state index contributed by atoms with van der Waals surface area (Å²) in [5.74, 6) is 1.56. The summed E-state index contributed by atoms with van der Waals surface area (Å²) in [7, 11) is 0. The van der Waals surface area contributed by atoms with Crippen LogP contribution in [0.5, 0.6) is 11.5 Å². The molecule has 1 aliphatic heterocycles. The largest absolute Gasteiger partial charge is 0.454 e. The summed E-state index contributed by atoms with van der Waals surface area (Å²) >= 11 is 6.10. The van der Waals surface area contributed by atoms with Crippen molar-refractivity contribution in [3.63, 3.8) is 0 Å². The van der Waals surface area contributed by atoms with E-state index in [2.05, 4.69) is 20.8 Å². The second kappa shape index (κ2) is 7.51. The number of carbonyl (C=O) groups is 1. The van der Waals surface area contributed by atoms with Gasteiger partial charge < -0.3 is 20.1 Å². The first-order chi connectivity index (χ1) is 13.2. The van der Waals surface area contributed by atoms with Gasteiger partial charge in [0.05, 0.1) is 10.7 Å². The first-order valence-electron chi connectivity index (χ1n) is 8.21. The molecule has 2 N–H and O–H groups in total. The van der Waals surface area contributed by atoms with Gasteiger partial charge in [0.1, 0.15) is 0 Å². The number of hydrogen-bond donors (Lipinski definition) is 2. The number of ether oxygens (including phenoxy) is 2. The predicted molar refractivity (Wildman–Crippen MR) is 101 cm³/mol. The lowest BCUT2D eigenvalue weighted by Crippen LogP contribution is -2.24. The van der Waals surface area contributed by atoms with Gasteiger partial charge >= 0.3 is 0 Å². The molecule has 7 nitrogen and oxygen atoms in total. The molecular weight excluding hydrogens is 368 g/mol. The molecule has 2 aromatic carbocycles. The van der Waals surface area contributed by atoms with E-state index in [0.717, 1.165) is 5.56 Å². The van der Waals surface area contributed by atoms with Gasteiger partial charge in [0.15, 0.2) is 23.0 Å². The molecule has 0 aliphatic carbocycles. The van der Waals surface area contributed by atoms with E-state index in [1.807, 2.05) is 36.4 Å². The number of fused-ring (bicyclic) bond motifs is 1. The molecule has 1 aliphatic rings. The number of aromatic nitrogens is 2. The topological polar surface area (TPSA) is 85.4 Å². The molecule has 0 spiro atoms. The van der Waals surface area contributed by atoms with Gasteiger partial charge in [-0.3, -0.25) is 4.79 Å². The molecule has 0 bridgehead atoms. The van der Waals surface area contributed by atoms with E-state index < -0.39 is 0 Å². The van der Waals surface area contributed by atoms with Crippen LogP contribution in [-0.2, 0) is 6.54 Å². The molecule has 0 saturated carbocycles. The lowest BCUT2D eigenvalue weighted by atomic mass is 10.2. The van der Waals surface area contributed by atoms with Gasteiger partial charge in [-0.15, -0.1) is 10.2 Å². The molecule has 4 rings (SSSR count). The van der Waals surface area contributed by atoms with Gasteiger partial charge in [0.25, 0.3) is 5.91 Å². The third kappa shape index (κ3) is 3.93. The van der Waals surface area contributed by atoms with Crippen LogP contribution in [-0.4, -0.2) is 22.9 Å². The SMILES string of the molecule is O=C(NCc1ccc2c(c1)OCO2)c1ccc(Nc2ccccc2Cl)nn1. The Kier molecular flexibility index (Phi) is 4.76. The lowest BCUT2D eigenvalue weighted by molar-refractivity contribution is 0.0945. The van der Waals surface area contributed by atoms with E-state index in [1.54, 1.807) is 18.2 Å². The van der Waals surface area contributed by atoms with Crippen molar-refractivity contribution in [1.29, 1.82) is 0 Å². The molecule has 3 aromatic rings. The van der Waals surface area contributed by atoms with Gasteiger partial charge in [0, 0.05) is 6.54 Å². The summed E-state index contributed by atoms with van der Waals surface area (Å²) in [5.41, 5.74) is 1.84. The number of nitrogens with zero attached hydrogens (tertiary/aromatic N) is 2. The van der Waals surface area contributed by atoms with Crippen LogP contribution in [0, 0.1) is 0 Å². The zero-order valence-corrected chi connectivity index (χ0v) is 14.9. The minimum Gasteiger partial charge on any atom is -0.454 e. The van der Waals surface area contributed by atoms with Crippen molar-refractivity contribution in [3.8, 4) is 11.5 Å². The van der Waals surface area contributed by atoms with Crippen molar-refractivity contribution in [3.05, 3.63) is 70.9 Å². The standard InChI is InChI=1S/C19H15ClN4O3/c20-13-3-1-2-4-14(13)22-18-8-6-15(23-24-18)19(25)21-10-12-5-7-16-17(9-12)27-11-26-16/h1-9H,10-11H2,(H,21,25)(H,22,24). The average Bonchev–Trinajstić information content (AvgIpc) is 3.16. The smallest absolute Gasteiger partial charge is 0.272 e. The highest BCUT2D eigenvalue weighted by atomic mass is 35.5. The van der Waals surface area contributed by atoms with Crippen LogP contribution in [0.3, 0.4) is 0 Å². The van der Waals surface area contributed by atoms with Crippen LogP contribution in [0.25, 0.3) is 0 Å². The molecule has 0 radical (unpaired) electrons. The van der Waals surface area contributed by atoms with E-state index in [0.29, 0.717) is 34.6 Å². The monoisotopic (exact) mass is 382 g/mol. The van der Waals surface area contributed by atoms with Gasteiger partial charge in [-0.1, -0.05) is 29.8 Å². The Morgan fingerprint density at radius 3 is 2.70 bits per heavy atom. The lowest BCUT2D eigenvalue weighted by Gasteiger charge is -2.08.